The van der Waals surface area contributed by atoms with Gasteiger partial charge < -0.3 is 20.0 Å². The number of guanidine groups is 1. The summed E-state index contributed by atoms with van der Waals surface area (Å²) in [6, 6.07) is 0.226. The molecular weight excluding hydrogens is 429 g/mol. The topological polar surface area (TPSA) is 51.2 Å². The Balaban J connectivity index is 0.00000312. The van der Waals surface area contributed by atoms with Crippen molar-refractivity contribution in [2.24, 2.45) is 10.9 Å². The summed E-state index contributed by atoms with van der Waals surface area (Å²) < 4.78 is 0. The number of nitrogens with zero attached hydrogens (tertiary/aromatic N) is 4. The minimum absolute atomic E-state index is 0. The van der Waals surface area contributed by atoms with Crippen LogP contribution in [0.5, 0.6) is 0 Å². The largest absolute Gasteiger partial charge is 0.356 e. The standard InChI is InChI=1S/C18H35N5O.HI/c1-14(2)23-16(24)12-22(13-18(23,3)4)17(19-5)20-11-15-7-9-21(6)10-8-15;/h14-15H,7-13H2,1-6H3,(H,19,20);1H. The van der Waals surface area contributed by atoms with E-state index >= 15 is 0 Å². The van der Waals surface area contributed by atoms with Crippen molar-refractivity contribution < 1.29 is 4.79 Å². The molecule has 2 rings (SSSR count). The molecule has 0 spiro atoms. The normalized spacial score (nSPS) is 23.0. The third kappa shape index (κ3) is 5.70. The van der Waals surface area contributed by atoms with Crippen LogP contribution in [0.15, 0.2) is 4.99 Å². The molecule has 0 bridgehead atoms. The smallest absolute Gasteiger partial charge is 0.242 e. The van der Waals surface area contributed by atoms with Crippen LogP contribution in [-0.2, 0) is 4.79 Å². The summed E-state index contributed by atoms with van der Waals surface area (Å²) in [7, 11) is 3.99. The number of hydrogen-bond acceptors (Lipinski definition) is 3. The van der Waals surface area contributed by atoms with E-state index in [1.165, 1.54) is 25.9 Å². The predicted octanol–water partition coefficient (Wildman–Crippen LogP) is 1.85. The number of halogens is 1. The van der Waals surface area contributed by atoms with Crippen molar-refractivity contribution in [3.05, 3.63) is 0 Å². The van der Waals surface area contributed by atoms with E-state index in [2.05, 4.69) is 54.9 Å². The van der Waals surface area contributed by atoms with Crippen LogP contribution >= 0.6 is 24.0 Å². The number of rotatable bonds is 3. The molecule has 1 amide bonds. The number of piperidine rings is 1. The molecule has 0 unspecified atom stereocenters. The fraction of sp³-hybridized carbons (Fsp3) is 0.889. The first-order valence-electron chi connectivity index (χ1n) is 9.21. The molecule has 6 nitrogen and oxygen atoms in total. The quantitative estimate of drug-likeness (QED) is 0.393. The van der Waals surface area contributed by atoms with E-state index in [4.69, 9.17) is 0 Å². The molecule has 1 N–H and O–H groups in total. The molecule has 0 saturated carbocycles. The van der Waals surface area contributed by atoms with Gasteiger partial charge in [0.25, 0.3) is 0 Å². The Morgan fingerprint density at radius 2 is 1.92 bits per heavy atom. The van der Waals surface area contributed by atoms with E-state index in [0.717, 1.165) is 19.0 Å². The Morgan fingerprint density at radius 3 is 2.40 bits per heavy atom. The van der Waals surface area contributed by atoms with Crippen LogP contribution in [0.1, 0.15) is 40.5 Å². The number of hydrogen-bond donors (Lipinski definition) is 1. The number of amides is 1. The minimum Gasteiger partial charge on any atom is -0.356 e. The van der Waals surface area contributed by atoms with Gasteiger partial charge in [-0.15, -0.1) is 24.0 Å². The number of piperazine rings is 1. The van der Waals surface area contributed by atoms with E-state index < -0.39 is 0 Å². The van der Waals surface area contributed by atoms with Crippen LogP contribution in [0.25, 0.3) is 0 Å². The van der Waals surface area contributed by atoms with E-state index in [1.54, 1.807) is 0 Å². The van der Waals surface area contributed by atoms with E-state index in [9.17, 15) is 4.79 Å². The lowest BCUT2D eigenvalue weighted by atomic mass is 9.96. The van der Waals surface area contributed by atoms with Crippen molar-refractivity contribution in [1.29, 1.82) is 0 Å². The van der Waals surface area contributed by atoms with Gasteiger partial charge in [-0.05, 0) is 66.6 Å². The van der Waals surface area contributed by atoms with Crippen molar-refractivity contribution in [2.75, 3.05) is 46.8 Å². The molecule has 0 atom stereocenters. The SMILES string of the molecule is CN=C(NCC1CCN(C)CC1)N1CC(=O)N(C(C)C)C(C)(C)C1.I. The summed E-state index contributed by atoms with van der Waals surface area (Å²) >= 11 is 0. The van der Waals surface area contributed by atoms with Crippen LogP contribution < -0.4 is 5.32 Å². The lowest BCUT2D eigenvalue weighted by molar-refractivity contribution is -0.145. The molecule has 2 saturated heterocycles. The van der Waals surface area contributed by atoms with Gasteiger partial charge in [-0.3, -0.25) is 9.79 Å². The van der Waals surface area contributed by atoms with E-state index in [-0.39, 0.29) is 41.5 Å². The average Bonchev–Trinajstić information content (AvgIpc) is 2.47. The van der Waals surface area contributed by atoms with Crippen molar-refractivity contribution in [1.82, 2.24) is 20.0 Å². The summed E-state index contributed by atoms with van der Waals surface area (Å²) in [5.74, 6) is 1.74. The van der Waals surface area contributed by atoms with E-state index in [0.29, 0.717) is 12.5 Å². The van der Waals surface area contributed by atoms with Crippen LogP contribution in [0.4, 0.5) is 0 Å². The second-order valence-electron chi connectivity index (χ2n) is 8.20. The first-order valence-corrected chi connectivity index (χ1v) is 9.21. The summed E-state index contributed by atoms with van der Waals surface area (Å²) in [5, 5.41) is 3.51. The molecular formula is C18H36IN5O. The Bertz CT molecular complexity index is 472. The van der Waals surface area contributed by atoms with E-state index in [1.807, 2.05) is 11.9 Å². The fourth-order valence-electron chi connectivity index (χ4n) is 4.15. The Morgan fingerprint density at radius 1 is 1.32 bits per heavy atom. The highest BCUT2D eigenvalue weighted by molar-refractivity contribution is 14.0. The van der Waals surface area contributed by atoms with Crippen molar-refractivity contribution >= 4 is 35.8 Å². The van der Waals surface area contributed by atoms with Crippen LogP contribution in [0.2, 0.25) is 0 Å². The van der Waals surface area contributed by atoms with Gasteiger partial charge in [-0.2, -0.15) is 0 Å². The Hall–Kier alpha value is -0.570. The zero-order valence-corrected chi connectivity index (χ0v) is 19.0. The third-order valence-electron chi connectivity index (χ3n) is 5.24. The van der Waals surface area contributed by atoms with Gasteiger partial charge in [0, 0.05) is 26.2 Å². The van der Waals surface area contributed by atoms with Gasteiger partial charge in [0.1, 0.15) is 0 Å². The summed E-state index contributed by atoms with van der Waals surface area (Å²) in [6.45, 7) is 13.0. The lowest BCUT2D eigenvalue weighted by Crippen LogP contribution is -2.66. The van der Waals surface area contributed by atoms with Crippen LogP contribution in [0.3, 0.4) is 0 Å². The highest BCUT2D eigenvalue weighted by atomic mass is 127. The molecule has 2 heterocycles. The zero-order chi connectivity index (χ0) is 17.9. The monoisotopic (exact) mass is 465 g/mol. The molecule has 2 fully saturated rings. The number of aliphatic imine (C=N–C) groups is 1. The maximum atomic E-state index is 12.6. The highest BCUT2D eigenvalue weighted by Crippen LogP contribution is 2.24. The maximum absolute atomic E-state index is 12.6. The number of carbonyl (C=O) groups is 1. The van der Waals surface area contributed by atoms with Gasteiger partial charge in [0.05, 0.1) is 12.1 Å². The third-order valence-corrected chi connectivity index (χ3v) is 5.24. The zero-order valence-electron chi connectivity index (χ0n) is 16.7. The number of likely N-dealkylation sites (tertiary alicyclic amines) is 1. The van der Waals surface area contributed by atoms with Gasteiger partial charge in [-0.1, -0.05) is 0 Å². The number of carbonyl (C=O) groups excluding carboxylic acids is 1. The molecule has 0 radical (unpaired) electrons. The molecule has 0 aromatic heterocycles. The molecule has 0 aliphatic carbocycles. The second-order valence-corrected chi connectivity index (χ2v) is 8.20. The predicted molar refractivity (Wildman–Crippen MR) is 115 cm³/mol. The van der Waals surface area contributed by atoms with Gasteiger partial charge in [-0.25, -0.2) is 0 Å². The van der Waals surface area contributed by atoms with Gasteiger partial charge >= 0.3 is 0 Å². The van der Waals surface area contributed by atoms with Gasteiger partial charge in [0.15, 0.2) is 5.96 Å². The van der Waals surface area contributed by atoms with Gasteiger partial charge in [0.2, 0.25) is 5.91 Å². The summed E-state index contributed by atoms with van der Waals surface area (Å²) in [4.78, 5) is 23.6. The minimum atomic E-state index is -0.186. The molecule has 7 heteroatoms. The first-order chi connectivity index (χ1) is 11.2. The summed E-state index contributed by atoms with van der Waals surface area (Å²) in [5.41, 5.74) is -0.186. The fourth-order valence-corrected chi connectivity index (χ4v) is 4.15. The molecule has 2 aliphatic rings. The summed E-state index contributed by atoms with van der Waals surface area (Å²) in [6.07, 6.45) is 2.46. The average molecular weight is 465 g/mol. The van der Waals surface area contributed by atoms with Crippen molar-refractivity contribution in [3.8, 4) is 0 Å². The lowest BCUT2D eigenvalue weighted by Gasteiger charge is -2.49. The molecule has 146 valence electrons. The Kier molecular flexibility index (Phi) is 8.44. The molecule has 2 aliphatic heterocycles. The van der Waals surface area contributed by atoms with Crippen molar-refractivity contribution in [2.45, 2.75) is 52.1 Å². The molecule has 0 aromatic rings. The molecule has 0 aromatic carbocycles. The van der Waals surface area contributed by atoms with Crippen molar-refractivity contribution in [3.63, 3.8) is 0 Å². The van der Waals surface area contributed by atoms with Crippen LogP contribution in [0, 0.1) is 5.92 Å². The molecule has 25 heavy (non-hydrogen) atoms. The maximum Gasteiger partial charge on any atom is 0.242 e. The first kappa shape index (κ1) is 22.5. The van der Waals surface area contributed by atoms with Crippen LogP contribution in [-0.4, -0.2) is 85.0 Å². The Labute approximate surface area is 170 Å². The second kappa shape index (κ2) is 9.39. The number of nitrogens with one attached hydrogen (secondary N) is 1. The highest BCUT2D eigenvalue weighted by Gasteiger charge is 2.40.